The van der Waals surface area contributed by atoms with Crippen molar-refractivity contribution in [3.8, 4) is 0 Å². The fourth-order valence-corrected chi connectivity index (χ4v) is 1.95. The Bertz CT molecular complexity index is 319. The van der Waals surface area contributed by atoms with E-state index in [2.05, 4.69) is 0 Å². The molecule has 1 aliphatic rings. The van der Waals surface area contributed by atoms with E-state index in [-0.39, 0.29) is 0 Å². The minimum atomic E-state index is -0.638. The summed E-state index contributed by atoms with van der Waals surface area (Å²) in [4.78, 5) is 25.0. The van der Waals surface area contributed by atoms with Crippen LogP contribution in [0.4, 0.5) is 4.79 Å². The zero-order valence-electron chi connectivity index (χ0n) is 11.7. The van der Waals surface area contributed by atoms with Crippen LogP contribution >= 0.6 is 0 Å². The molecule has 0 radical (unpaired) electrons. The lowest BCUT2D eigenvalue weighted by molar-refractivity contribution is -0.116. The van der Waals surface area contributed by atoms with Crippen molar-refractivity contribution < 1.29 is 14.3 Å². The Morgan fingerprint density at radius 1 is 1.18 bits per heavy atom. The number of rotatable bonds is 2. The van der Waals surface area contributed by atoms with Crippen LogP contribution < -0.4 is 0 Å². The third-order valence-electron chi connectivity index (χ3n) is 2.67. The Kier molecular flexibility index (Phi) is 3.29. The number of carbonyl (C=O) groups is 2. The molecule has 0 aromatic rings. The van der Waals surface area contributed by atoms with Crippen LogP contribution in [-0.2, 0) is 9.53 Å². The second-order valence-electron chi connectivity index (χ2n) is 6.71. The van der Waals surface area contributed by atoms with Gasteiger partial charge in [-0.2, -0.15) is 0 Å². The third-order valence-corrected chi connectivity index (χ3v) is 2.67. The summed E-state index contributed by atoms with van der Waals surface area (Å²) in [6.07, 6.45) is 1.93. The third kappa shape index (κ3) is 3.20. The van der Waals surface area contributed by atoms with Gasteiger partial charge in [0.15, 0.2) is 0 Å². The fourth-order valence-electron chi connectivity index (χ4n) is 1.95. The maximum Gasteiger partial charge on any atom is 0.411 e. The summed E-state index contributed by atoms with van der Waals surface area (Å²) < 4.78 is 5.38. The highest BCUT2D eigenvalue weighted by Gasteiger charge is 2.55. The standard InChI is InChI=1S/C13H23NO3/c1-11(2,3)14(13(9-15)7-8-13)10(16)17-12(4,5)6/h9H,7-8H2,1-6H3. The molecule has 1 amide bonds. The van der Waals surface area contributed by atoms with Crippen LogP contribution in [-0.4, -0.2) is 34.0 Å². The van der Waals surface area contributed by atoms with Crippen LogP contribution in [0.5, 0.6) is 0 Å². The average molecular weight is 241 g/mol. The van der Waals surface area contributed by atoms with Gasteiger partial charge in [-0.15, -0.1) is 0 Å². The van der Waals surface area contributed by atoms with Crippen molar-refractivity contribution in [2.45, 2.75) is 71.1 Å². The molecule has 0 aromatic carbocycles. The molecule has 0 aromatic heterocycles. The molecule has 0 aliphatic heterocycles. The molecular weight excluding hydrogens is 218 g/mol. The number of hydrogen-bond acceptors (Lipinski definition) is 3. The Morgan fingerprint density at radius 3 is 1.88 bits per heavy atom. The normalized spacial score (nSPS) is 18.5. The van der Waals surface area contributed by atoms with Crippen LogP contribution in [0.1, 0.15) is 54.4 Å². The van der Waals surface area contributed by atoms with Crippen LogP contribution in [0.15, 0.2) is 0 Å². The highest BCUT2D eigenvalue weighted by molar-refractivity contribution is 5.80. The van der Waals surface area contributed by atoms with Gasteiger partial charge in [0.25, 0.3) is 0 Å². The second-order valence-corrected chi connectivity index (χ2v) is 6.71. The summed E-state index contributed by atoms with van der Waals surface area (Å²) in [5.41, 5.74) is -1.60. The molecule has 4 heteroatoms. The molecule has 0 unspecified atom stereocenters. The van der Waals surface area contributed by atoms with E-state index in [1.165, 1.54) is 0 Å². The molecule has 1 aliphatic carbocycles. The Balaban J connectivity index is 2.93. The number of nitrogens with zero attached hydrogens (tertiary/aromatic N) is 1. The first kappa shape index (κ1) is 14.0. The van der Waals surface area contributed by atoms with Gasteiger partial charge in [-0.1, -0.05) is 0 Å². The molecular formula is C13H23NO3. The van der Waals surface area contributed by atoms with Gasteiger partial charge in [-0.05, 0) is 54.4 Å². The van der Waals surface area contributed by atoms with E-state index in [9.17, 15) is 9.59 Å². The zero-order chi connectivity index (χ0) is 13.5. The number of hydrogen-bond donors (Lipinski definition) is 0. The maximum absolute atomic E-state index is 12.2. The molecule has 0 spiro atoms. The van der Waals surface area contributed by atoms with Crippen molar-refractivity contribution in [3.63, 3.8) is 0 Å². The second kappa shape index (κ2) is 4.00. The zero-order valence-corrected chi connectivity index (χ0v) is 11.7. The first-order valence-electron chi connectivity index (χ1n) is 6.01. The number of amides is 1. The summed E-state index contributed by atoms with van der Waals surface area (Å²) in [7, 11) is 0. The Morgan fingerprint density at radius 2 is 1.65 bits per heavy atom. The van der Waals surface area contributed by atoms with E-state index in [0.717, 1.165) is 19.1 Å². The summed E-state index contributed by atoms with van der Waals surface area (Å²) in [6, 6.07) is 0. The summed E-state index contributed by atoms with van der Waals surface area (Å²) in [5, 5.41) is 0. The molecule has 0 heterocycles. The van der Waals surface area contributed by atoms with Crippen molar-refractivity contribution in [1.29, 1.82) is 0 Å². The van der Waals surface area contributed by atoms with Gasteiger partial charge < -0.3 is 9.53 Å². The van der Waals surface area contributed by atoms with E-state index < -0.39 is 22.8 Å². The average Bonchev–Trinajstić information content (AvgIpc) is 2.79. The Labute approximate surface area is 103 Å². The van der Waals surface area contributed by atoms with Crippen molar-refractivity contribution in [1.82, 2.24) is 4.90 Å². The van der Waals surface area contributed by atoms with Crippen molar-refractivity contribution in [2.75, 3.05) is 0 Å². The van der Waals surface area contributed by atoms with Crippen LogP contribution in [0.25, 0.3) is 0 Å². The van der Waals surface area contributed by atoms with Crippen LogP contribution in [0, 0.1) is 0 Å². The van der Waals surface area contributed by atoms with E-state index in [1.54, 1.807) is 4.90 Å². The fraction of sp³-hybridized carbons (Fsp3) is 0.846. The first-order chi connectivity index (χ1) is 7.52. The van der Waals surface area contributed by atoms with Crippen molar-refractivity contribution >= 4 is 12.4 Å². The molecule has 1 saturated carbocycles. The predicted octanol–water partition coefficient (Wildman–Crippen LogP) is 2.75. The first-order valence-corrected chi connectivity index (χ1v) is 6.01. The van der Waals surface area contributed by atoms with Gasteiger partial charge in [-0.25, -0.2) is 4.79 Å². The summed E-state index contributed by atoms with van der Waals surface area (Å²) in [6.45, 7) is 11.2. The summed E-state index contributed by atoms with van der Waals surface area (Å²) >= 11 is 0. The molecule has 0 bridgehead atoms. The maximum atomic E-state index is 12.2. The van der Waals surface area contributed by atoms with Crippen molar-refractivity contribution in [3.05, 3.63) is 0 Å². The monoisotopic (exact) mass is 241 g/mol. The van der Waals surface area contributed by atoms with Gasteiger partial charge in [0.05, 0.1) is 0 Å². The molecule has 1 fully saturated rings. The van der Waals surface area contributed by atoms with E-state index in [0.29, 0.717) is 0 Å². The van der Waals surface area contributed by atoms with Crippen LogP contribution in [0.3, 0.4) is 0 Å². The SMILES string of the molecule is CC(C)(C)OC(=O)N(C(C)(C)C)C1(C=O)CC1. The highest BCUT2D eigenvalue weighted by Crippen LogP contribution is 2.44. The largest absolute Gasteiger partial charge is 0.444 e. The molecule has 0 atom stereocenters. The molecule has 4 nitrogen and oxygen atoms in total. The quantitative estimate of drug-likeness (QED) is 0.698. The summed E-state index contributed by atoms with van der Waals surface area (Å²) in [5.74, 6) is 0. The van der Waals surface area contributed by atoms with Crippen molar-refractivity contribution in [2.24, 2.45) is 0 Å². The lowest BCUT2D eigenvalue weighted by atomic mass is 10.0. The van der Waals surface area contributed by atoms with E-state index in [1.807, 2.05) is 41.5 Å². The van der Waals surface area contributed by atoms with Gasteiger partial charge in [-0.3, -0.25) is 4.90 Å². The van der Waals surface area contributed by atoms with Crippen LogP contribution in [0.2, 0.25) is 0 Å². The lowest BCUT2D eigenvalue weighted by Gasteiger charge is -2.40. The number of carbonyl (C=O) groups excluding carboxylic acids is 2. The molecule has 17 heavy (non-hydrogen) atoms. The van der Waals surface area contributed by atoms with E-state index >= 15 is 0 Å². The minimum absolute atomic E-state index is 0.408. The molecule has 1 rings (SSSR count). The minimum Gasteiger partial charge on any atom is -0.444 e. The Hall–Kier alpha value is -1.06. The lowest BCUT2D eigenvalue weighted by Crippen LogP contribution is -2.55. The molecule has 0 N–H and O–H groups in total. The number of ether oxygens (including phenoxy) is 1. The van der Waals surface area contributed by atoms with Gasteiger partial charge in [0.2, 0.25) is 0 Å². The predicted molar refractivity (Wildman–Crippen MR) is 65.9 cm³/mol. The smallest absolute Gasteiger partial charge is 0.411 e. The van der Waals surface area contributed by atoms with Gasteiger partial charge in [0, 0.05) is 5.54 Å². The highest BCUT2D eigenvalue weighted by atomic mass is 16.6. The topological polar surface area (TPSA) is 46.6 Å². The molecule has 0 saturated heterocycles. The van der Waals surface area contributed by atoms with Gasteiger partial charge in [0.1, 0.15) is 17.4 Å². The van der Waals surface area contributed by atoms with Gasteiger partial charge >= 0.3 is 6.09 Å². The molecule has 98 valence electrons. The number of aldehydes is 1. The van der Waals surface area contributed by atoms with E-state index in [4.69, 9.17) is 4.74 Å².